The Morgan fingerprint density at radius 2 is 1.28 bits per heavy atom. The Bertz CT molecular complexity index is 497. The molecule has 3 heteroatoms. The highest BCUT2D eigenvalue weighted by Crippen LogP contribution is 2.28. The Balaban J connectivity index is 1.94. The number of hydrogen-bond acceptors (Lipinski definition) is 2. The lowest BCUT2D eigenvalue weighted by Gasteiger charge is -1.88. The lowest BCUT2D eigenvalue weighted by Crippen LogP contribution is -1.91. The van der Waals surface area contributed by atoms with E-state index in [1.165, 1.54) is 0 Å². The standard InChI is InChI=1S/C22H32O3/c1-2-3-14-17-20-21(25-20)18-15-12-10-8-6-4-5-7-9-11-13-16-19-22(23)24/h3,5-8,11-15,20-21H,2,4,9-10,16-19H2,1H3,(H,23,24)/t20-,21+/m1/s1. The van der Waals surface area contributed by atoms with Gasteiger partial charge in [-0.3, -0.25) is 4.79 Å². The molecule has 0 aromatic heterocycles. The zero-order valence-corrected chi connectivity index (χ0v) is 15.3. The average molecular weight is 344 g/mol. The van der Waals surface area contributed by atoms with E-state index < -0.39 is 5.97 Å². The van der Waals surface area contributed by atoms with Crippen LogP contribution in [0.2, 0.25) is 0 Å². The molecule has 1 N–H and O–H groups in total. The quantitative estimate of drug-likeness (QED) is 0.322. The molecule has 0 bridgehead atoms. The smallest absolute Gasteiger partial charge is 0.303 e. The molecule has 25 heavy (non-hydrogen) atoms. The van der Waals surface area contributed by atoms with Crippen LogP contribution in [0.4, 0.5) is 0 Å². The van der Waals surface area contributed by atoms with Crippen molar-refractivity contribution in [1.29, 1.82) is 0 Å². The number of epoxide rings is 1. The van der Waals surface area contributed by atoms with Crippen LogP contribution in [0.3, 0.4) is 0 Å². The average Bonchev–Trinajstić information content (AvgIpc) is 3.33. The van der Waals surface area contributed by atoms with E-state index in [-0.39, 0.29) is 6.42 Å². The fourth-order valence-corrected chi connectivity index (χ4v) is 2.36. The highest BCUT2D eigenvalue weighted by molar-refractivity contribution is 5.66. The van der Waals surface area contributed by atoms with E-state index in [2.05, 4.69) is 55.5 Å². The van der Waals surface area contributed by atoms with Gasteiger partial charge in [0.2, 0.25) is 0 Å². The lowest BCUT2D eigenvalue weighted by molar-refractivity contribution is -0.136. The van der Waals surface area contributed by atoms with Gasteiger partial charge in [0.05, 0.1) is 12.2 Å². The molecule has 0 saturated carbocycles. The summed E-state index contributed by atoms with van der Waals surface area (Å²) in [5, 5.41) is 8.50. The molecular formula is C22H32O3. The van der Waals surface area contributed by atoms with Crippen molar-refractivity contribution in [2.75, 3.05) is 0 Å². The first kappa shape index (κ1) is 21.2. The maximum atomic E-state index is 10.3. The molecule has 0 aliphatic carbocycles. The monoisotopic (exact) mass is 344 g/mol. The van der Waals surface area contributed by atoms with Crippen LogP contribution < -0.4 is 0 Å². The molecule has 1 heterocycles. The first-order valence-corrected chi connectivity index (χ1v) is 9.36. The van der Waals surface area contributed by atoms with E-state index in [0.29, 0.717) is 18.6 Å². The summed E-state index contributed by atoms with van der Waals surface area (Å²) in [6, 6.07) is 0. The second-order valence-corrected chi connectivity index (χ2v) is 6.09. The van der Waals surface area contributed by atoms with Crippen LogP contribution >= 0.6 is 0 Å². The van der Waals surface area contributed by atoms with Crippen LogP contribution in [0, 0.1) is 0 Å². The number of hydrogen-bond donors (Lipinski definition) is 1. The zero-order chi connectivity index (χ0) is 18.2. The molecule has 0 aromatic rings. The third-order valence-electron chi connectivity index (χ3n) is 3.83. The van der Waals surface area contributed by atoms with Crippen molar-refractivity contribution in [2.45, 2.75) is 70.5 Å². The van der Waals surface area contributed by atoms with Gasteiger partial charge in [-0.1, -0.05) is 67.7 Å². The molecule has 3 nitrogen and oxygen atoms in total. The summed E-state index contributed by atoms with van der Waals surface area (Å²) >= 11 is 0. The Kier molecular flexibility index (Phi) is 12.3. The predicted octanol–water partition coefficient (Wildman–Crippen LogP) is 5.76. The SMILES string of the molecule is CCC=CC[C@H]1O[C@H]1CC=CCC=CCC=CCC=CCCC(=O)O. The van der Waals surface area contributed by atoms with E-state index in [1.807, 2.05) is 12.2 Å². The van der Waals surface area contributed by atoms with E-state index in [0.717, 1.165) is 38.5 Å². The van der Waals surface area contributed by atoms with E-state index in [9.17, 15) is 4.79 Å². The van der Waals surface area contributed by atoms with Gasteiger partial charge < -0.3 is 9.84 Å². The fraction of sp³-hybridized carbons (Fsp3) is 0.500. The van der Waals surface area contributed by atoms with Crippen molar-refractivity contribution >= 4 is 5.97 Å². The Hall–Kier alpha value is -1.87. The van der Waals surface area contributed by atoms with Gasteiger partial charge in [0, 0.05) is 6.42 Å². The number of carbonyl (C=O) groups is 1. The second kappa shape index (κ2) is 14.5. The van der Waals surface area contributed by atoms with Gasteiger partial charge in [-0.05, 0) is 44.9 Å². The van der Waals surface area contributed by atoms with Crippen molar-refractivity contribution in [3.8, 4) is 0 Å². The van der Waals surface area contributed by atoms with Gasteiger partial charge in [-0.15, -0.1) is 0 Å². The van der Waals surface area contributed by atoms with Gasteiger partial charge in [0.25, 0.3) is 0 Å². The van der Waals surface area contributed by atoms with Crippen molar-refractivity contribution in [3.63, 3.8) is 0 Å². The van der Waals surface area contributed by atoms with Crippen molar-refractivity contribution < 1.29 is 14.6 Å². The molecule has 0 radical (unpaired) electrons. The van der Waals surface area contributed by atoms with Crippen molar-refractivity contribution in [3.05, 3.63) is 60.8 Å². The van der Waals surface area contributed by atoms with Gasteiger partial charge >= 0.3 is 5.97 Å². The minimum Gasteiger partial charge on any atom is -0.481 e. The Morgan fingerprint density at radius 3 is 1.80 bits per heavy atom. The molecule has 138 valence electrons. The minimum atomic E-state index is -0.743. The number of aliphatic carboxylic acids is 1. The molecule has 0 spiro atoms. The largest absolute Gasteiger partial charge is 0.481 e. The van der Waals surface area contributed by atoms with E-state index in [4.69, 9.17) is 9.84 Å². The Morgan fingerprint density at radius 1 is 0.800 bits per heavy atom. The molecule has 0 amide bonds. The number of carboxylic acid groups (broad SMARTS) is 1. The van der Waals surface area contributed by atoms with E-state index >= 15 is 0 Å². The van der Waals surface area contributed by atoms with Crippen LogP contribution in [0.15, 0.2) is 60.8 Å². The molecule has 1 aliphatic rings. The summed E-state index contributed by atoms with van der Waals surface area (Å²) in [4.78, 5) is 10.3. The van der Waals surface area contributed by atoms with Gasteiger partial charge in [0.1, 0.15) is 0 Å². The molecule has 2 atom stereocenters. The summed E-state index contributed by atoms with van der Waals surface area (Å²) in [7, 11) is 0. The summed E-state index contributed by atoms with van der Waals surface area (Å²) in [5.41, 5.74) is 0. The topological polar surface area (TPSA) is 49.8 Å². The van der Waals surface area contributed by atoms with Crippen molar-refractivity contribution in [2.24, 2.45) is 0 Å². The summed E-state index contributed by atoms with van der Waals surface area (Å²) < 4.78 is 5.62. The van der Waals surface area contributed by atoms with Crippen LogP contribution in [0.5, 0.6) is 0 Å². The number of rotatable bonds is 14. The Labute approximate surface area is 152 Å². The maximum Gasteiger partial charge on any atom is 0.303 e. The molecule has 1 rings (SSSR count). The van der Waals surface area contributed by atoms with Crippen LogP contribution in [-0.4, -0.2) is 23.3 Å². The maximum absolute atomic E-state index is 10.3. The highest BCUT2D eigenvalue weighted by Gasteiger charge is 2.35. The molecule has 1 aliphatic heterocycles. The number of carboxylic acids is 1. The van der Waals surface area contributed by atoms with Crippen molar-refractivity contribution in [1.82, 2.24) is 0 Å². The molecule has 1 fully saturated rings. The number of ether oxygens (including phenoxy) is 1. The third-order valence-corrected chi connectivity index (χ3v) is 3.83. The summed E-state index contributed by atoms with van der Waals surface area (Å²) in [6.07, 6.45) is 29.0. The third kappa shape index (κ3) is 13.1. The molecule has 0 unspecified atom stereocenters. The lowest BCUT2D eigenvalue weighted by atomic mass is 10.1. The fourth-order valence-electron chi connectivity index (χ4n) is 2.36. The first-order chi connectivity index (χ1) is 12.2. The minimum absolute atomic E-state index is 0.208. The summed E-state index contributed by atoms with van der Waals surface area (Å²) in [5.74, 6) is -0.743. The molecule has 1 saturated heterocycles. The van der Waals surface area contributed by atoms with Gasteiger partial charge in [0.15, 0.2) is 0 Å². The van der Waals surface area contributed by atoms with E-state index in [1.54, 1.807) is 0 Å². The van der Waals surface area contributed by atoms with Crippen LogP contribution in [-0.2, 0) is 9.53 Å². The highest BCUT2D eigenvalue weighted by atomic mass is 16.6. The second-order valence-electron chi connectivity index (χ2n) is 6.09. The number of allylic oxidation sites excluding steroid dienone is 8. The molecule has 0 aromatic carbocycles. The predicted molar refractivity (Wildman–Crippen MR) is 105 cm³/mol. The van der Waals surface area contributed by atoms with Gasteiger partial charge in [-0.25, -0.2) is 0 Å². The van der Waals surface area contributed by atoms with Crippen LogP contribution in [0.1, 0.15) is 58.3 Å². The zero-order valence-electron chi connectivity index (χ0n) is 15.3. The summed E-state index contributed by atoms with van der Waals surface area (Å²) in [6.45, 7) is 2.15. The normalized spacial score (nSPS) is 20.8. The van der Waals surface area contributed by atoms with Crippen LogP contribution in [0.25, 0.3) is 0 Å². The molecular weight excluding hydrogens is 312 g/mol. The van der Waals surface area contributed by atoms with Gasteiger partial charge in [-0.2, -0.15) is 0 Å². The first-order valence-electron chi connectivity index (χ1n) is 9.36.